The van der Waals surface area contributed by atoms with Gasteiger partial charge in [0.1, 0.15) is 0 Å². The minimum absolute atomic E-state index is 0.305. The quantitative estimate of drug-likeness (QED) is 0.781. The third-order valence-electron chi connectivity index (χ3n) is 4.40. The molecule has 0 spiro atoms. The van der Waals surface area contributed by atoms with E-state index in [0.717, 1.165) is 0 Å². The molecule has 2 amide bonds. The number of rotatable bonds is 2. The molecule has 4 atom stereocenters. The van der Waals surface area contributed by atoms with Crippen LogP contribution < -0.4 is 0 Å². The second-order valence-corrected chi connectivity index (χ2v) is 5.71. The molecule has 24 heavy (non-hydrogen) atoms. The largest absolute Gasteiger partial charge is 0.450 e. The number of nitrogens with zero attached hydrogens (tertiary/aromatic N) is 2. The first kappa shape index (κ1) is 16.4. The minimum atomic E-state index is -0.370. The Balaban J connectivity index is 2.05. The fourth-order valence-electron chi connectivity index (χ4n) is 3.48. The van der Waals surface area contributed by atoms with Crippen LogP contribution in [0.15, 0.2) is 48.6 Å². The number of amides is 2. The van der Waals surface area contributed by atoms with Crippen LogP contribution in [0.25, 0.3) is 0 Å². The molecule has 6 nitrogen and oxygen atoms in total. The second-order valence-electron chi connectivity index (χ2n) is 5.71. The second kappa shape index (κ2) is 6.95. The molecule has 0 radical (unpaired) electrons. The van der Waals surface area contributed by atoms with Crippen LogP contribution in [0, 0.1) is 0 Å². The number of piperazine rings is 1. The van der Waals surface area contributed by atoms with E-state index in [4.69, 9.17) is 9.47 Å². The lowest BCUT2D eigenvalue weighted by atomic mass is 9.93. The van der Waals surface area contributed by atoms with Crippen LogP contribution in [-0.4, -0.2) is 59.4 Å². The van der Waals surface area contributed by atoms with Gasteiger partial charge in [0.05, 0.1) is 37.4 Å². The number of ether oxygens (including phenoxy) is 2. The number of hydrogen-bond acceptors (Lipinski definition) is 4. The smallest absolute Gasteiger partial charge is 0.410 e. The van der Waals surface area contributed by atoms with Gasteiger partial charge >= 0.3 is 12.2 Å². The van der Waals surface area contributed by atoms with Crippen LogP contribution in [0.5, 0.6) is 0 Å². The normalized spacial score (nSPS) is 29.9. The van der Waals surface area contributed by atoms with E-state index in [1.165, 1.54) is 0 Å². The van der Waals surface area contributed by atoms with Crippen LogP contribution in [0.3, 0.4) is 0 Å². The van der Waals surface area contributed by atoms with Gasteiger partial charge in [0.25, 0.3) is 0 Å². The highest BCUT2D eigenvalue weighted by molar-refractivity contribution is 5.74. The van der Waals surface area contributed by atoms with Gasteiger partial charge < -0.3 is 9.47 Å². The highest BCUT2D eigenvalue weighted by Gasteiger charge is 2.50. The van der Waals surface area contributed by atoms with Crippen molar-refractivity contribution in [3.8, 4) is 0 Å². The molecule has 3 aliphatic rings. The van der Waals surface area contributed by atoms with Gasteiger partial charge in [-0.3, -0.25) is 9.80 Å². The third kappa shape index (κ3) is 2.72. The average Bonchev–Trinajstić information content (AvgIpc) is 2.84. The van der Waals surface area contributed by atoms with E-state index in [0.29, 0.717) is 13.2 Å². The predicted molar refractivity (Wildman–Crippen MR) is 89.4 cm³/mol. The summed E-state index contributed by atoms with van der Waals surface area (Å²) >= 11 is 0. The van der Waals surface area contributed by atoms with Gasteiger partial charge in [-0.25, -0.2) is 9.59 Å². The van der Waals surface area contributed by atoms with E-state index < -0.39 is 0 Å². The minimum Gasteiger partial charge on any atom is -0.450 e. The maximum Gasteiger partial charge on any atom is 0.410 e. The molecule has 3 aliphatic heterocycles. The Morgan fingerprint density at radius 3 is 1.25 bits per heavy atom. The number of fused-ring (bicyclic) bond motifs is 6. The Hall–Kier alpha value is -2.50. The molecule has 0 aromatic heterocycles. The molecule has 128 valence electrons. The highest BCUT2D eigenvalue weighted by atomic mass is 16.6. The van der Waals surface area contributed by atoms with Crippen LogP contribution in [0.4, 0.5) is 9.59 Å². The molecule has 3 heterocycles. The van der Waals surface area contributed by atoms with Gasteiger partial charge in [-0.15, -0.1) is 0 Å². The van der Waals surface area contributed by atoms with Crippen molar-refractivity contribution in [2.75, 3.05) is 13.2 Å². The summed E-state index contributed by atoms with van der Waals surface area (Å²) in [4.78, 5) is 28.6. The SMILES string of the molecule is CCOC(=O)N1C2C=CC=CC1C1C=CC=CC2N1C(=O)OCC. The van der Waals surface area contributed by atoms with E-state index in [1.807, 2.05) is 48.6 Å². The Bertz CT molecular complexity index is 533. The number of hydrogen-bond donors (Lipinski definition) is 0. The zero-order valence-electron chi connectivity index (χ0n) is 13.9. The van der Waals surface area contributed by atoms with Crippen molar-refractivity contribution in [3.63, 3.8) is 0 Å². The molecule has 0 N–H and O–H groups in total. The zero-order valence-corrected chi connectivity index (χ0v) is 13.9. The van der Waals surface area contributed by atoms with Crippen LogP contribution in [0.1, 0.15) is 13.8 Å². The Morgan fingerprint density at radius 1 is 0.708 bits per heavy atom. The van der Waals surface area contributed by atoms with E-state index >= 15 is 0 Å². The van der Waals surface area contributed by atoms with Gasteiger partial charge in [-0.05, 0) is 13.8 Å². The van der Waals surface area contributed by atoms with Gasteiger partial charge in [0, 0.05) is 0 Å². The summed E-state index contributed by atoms with van der Waals surface area (Å²) in [6.07, 6.45) is 14.6. The molecule has 4 bridgehead atoms. The summed E-state index contributed by atoms with van der Waals surface area (Å²) in [5.74, 6) is 0. The van der Waals surface area contributed by atoms with E-state index in [-0.39, 0.29) is 36.4 Å². The molecule has 0 aromatic rings. The maximum absolute atomic E-state index is 12.6. The number of carbonyl (C=O) groups excluding carboxylic acids is 2. The van der Waals surface area contributed by atoms with Crippen molar-refractivity contribution >= 4 is 12.2 Å². The molecule has 0 aromatic carbocycles. The van der Waals surface area contributed by atoms with Gasteiger partial charge in [-0.1, -0.05) is 48.6 Å². The molecule has 3 rings (SSSR count). The number of carbonyl (C=O) groups is 2. The van der Waals surface area contributed by atoms with Crippen LogP contribution in [-0.2, 0) is 9.47 Å². The Labute approximate surface area is 141 Å². The topological polar surface area (TPSA) is 59.1 Å². The zero-order chi connectivity index (χ0) is 17.1. The van der Waals surface area contributed by atoms with Crippen LogP contribution in [0.2, 0.25) is 0 Å². The van der Waals surface area contributed by atoms with Crippen molar-refractivity contribution in [1.82, 2.24) is 9.80 Å². The summed E-state index contributed by atoms with van der Waals surface area (Å²) in [6, 6.07) is -1.22. The van der Waals surface area contributed by atoms with Crippen LogP contribution >= 0.6 is 0 Å². The monoisotopic (exact) mass is 330 g/mol. The molecule has 1 saturated heterocycles. The van der Waals surface area contributed by atoms with Gasteiger partial charge in [-0.2, -0.15) is 0 Å². The van der Waals surface area contributed by atoms with Crippen molar-refractivity contribution in [1.29, 1.82) is 0 Å². The highest BCUT2D eigenvalue weighted by Crippen LogP contribution is 2.34. The standard InChI is InChI=1S/C18H22N2O4/c1-3-23-17(21)19-13-9-5-6-10-14(19)16-12-8-7-11-15(13)20(16)18(22)24-4-2/h5-16H,3-4H2,1-2H3. The Kier molecular flexibility index (Phi) is 4.74. The van der Waals surface area contributed by atoms with E-state index in [9.17, 15) is 9.59 Å². The molecule has 6 heteroatoms. The lowest BCUT2D eigenvalue weighted by Crippen LogP contribution is -2.68. The summed E-state index contributed by atoms with van der Waals surface area (Å²) in [6.45, 7) is 4.19. The van der Waals surface area contributed by atoms with Crippen molar-refractivity contribution in [2.24, 2.45) is 0 Å². The predicted octanol–water partition coefficient (Wildman–Crippen LogP) is 2.64. The molecular weight excluding hydrogens is 308 g/mol. The molecule has 0 aliphatic carbocycles. The summed E-state index contributed by atoms with van der Waals surface area (Å²) in [5.41, 5.74) is 0. The van der Waals surface area contributed by atoms with Crippen molar-refractivity contribution in [2.45, 2.75) is 38.0 Å². The first-order valence-corrected chi connectivity index (χ1v) is 8.29. The fraction of sp³-hybridized carbons (Fsp3) is 0.444. The maximum atomic E-state index is 12.6. The first-order chi connectivity index (χ1) is 11.7. The molecule has 1 fully saturated rings. The van der Waals surface area contributed by atoms with E-state index in [1.54, 1.807) is 23.6 Å². The summed E-state index contributed by atoms with van der Waals surface area (Å²) in [7, 11) is 0. The summed E-state index contributed by atoms with van der Waals surface area (Å²) < 4.78 is 10.5. The molecule has 0 saturated carbocycles. The number of allylic oxidation sites excluding steroid dienone is 4. The lowest BCUT2D eigenvalue weighted by Gasteiger charge is -2.51. The lowest BCUT2D eigenvalue weighted by molar-refractivity contribution is -0.000659. The van der Waals surface area contributed by atoms with Crippen molar-refractivity contribution < 1.29 is 19.1 Å². The molecular formula is C18H22N2O4. The van der Waals surface area contributed by atoms with E-state index in [2.05, 4.69) is 0 Å². The first-order valence-electron chi connectivity index (χ1n) is 8.29. The van der Waals surface area contributed by atoms with Crippen molar-refractivity contribution in [3.05, 3.63) is 48.6 Å². The fourth-order valence-corrected chi connectivity index (χ4v) is 3.48. The molecule has 4 unspecified atom stereocenters. The Morgan fingerprint density at radius 2 is 1.00 bits per heavy atom. The average molecular weight is 330 g/mol. The third-order valence-corrected chi connectivity index (χ3v) is 4.40. The van der Waals surface area contributed by atoms with Gasteiger partial charge in [0.15, 0.2) is 0 Å². The summed E-state index contributed by atoms with van der Waals surface area (Å²) in [5, 5.41) is 0. The van der Waals surface area contributed by atoms with Gasteiger partial charge in [0.2, 0.25) is 0 Å².